The summed E-state index contributed by atoms with van der Waals surface area (Å²) in [6.45, 7) is 4.78. The number of nitrogens with zero attached hydrogens (tertiary/aromatic N) is 2. The molecule has 0 saturated carbocycles. The number of halogens is 1. The lowest BCUT2D eigenvalue weighted by Gasteiger charge is -2.24. The van der Waals surface area contributed by atoms with Crippen LogP contribution in [0.15, 0.2) is 42.5 Å². The van der Waals surface area contributed by atoms with Crippen LogP contribution in [0.2, 0.25) is 5.02 Å². The summed E-state index contributed by atoms with van der Waals surface area (Å²) in [6, 6.07) is 12.8. The van der Waals surface area contributed by atoms with Crippen LogP contribution >= 0.6 is 11.6 Å². The minimum Gasteiger partial charge on any atom is -0.341 e. The minimum atomic E-state index is -3.45. The van der Waals surface area contributed by atoms with Gasteiger partial charge in [0.1, 0.15) is 0 Å². The first-order valence-electron chi connectivity index (χ1n) is 10.8. The minimum absolute atomic E-state index is 0.0806. The Labute approximate surface area is 194 Å². The molecule has 32 heavy (non-hydrogen) atoms. The monoisotopic (exact) mass is 474 g/mol. The summed E-state index contributed by atoms with van der Waals surface area (Å²) in [5, 5.41) is -0.308. The van der Waals surface area contributed by atoms with E-state index in [1.54, 1.807) is 34.1 Å². The van der Waals surface area contributed by atoms with Crippen molar-refractivity contribution in [2.75, 3.05) is 30.3 Å². The highest BCUT2D eigenvalue weighted by atomic mass is 35.5. The lowest BCUT2D eigenvalue weighted by molar-refractivity contribution is -0.135. The molecule has 0 N–H and O–H groups in total. The smallest absolute Gasteiger partial charge is 0.228 e. The highest BCUT2D eigenvalue weighted by Crippen LogP contribution is 2.35. The van der Waals surface area contributed by atoms with Crippen molar-refractivity contribution >= 4 is 38.9 Å². The van der Waals surface area contributed by atoms with E-state index >= 15 is 0 Å². The van der Waals surface area contributed by atoms with Crippen LogP contribution in [-0.4, -0.2) is 50.5 Å². The van der Waals surface area contributed by atoms with Crippen LogP contribution in [0, 0.1) is 19.8 Å². The van der Waals surface area contributed by atoms with Crippen LogP contribution < -0.4 is 4.90 Å². The third-order valence-electron chi connectivity index (χ3n) is 6.58. The second-order valence-corrected chi connectivity index (χ2v) is 11.4. The molecule has 2 amide bonds. The van der Waals surface area contributed by atoms with E-state index in [2.05, 4.69) is 0 Å². The second kappa shape index (κ2) is 8.87. The highest BCUT2D eigenvalue weighted by molar-refractivity contribution is 7.91. The zero-order chi connectivity index (χ0) is 23.0. The van der Waals surface area contributed by atoms with Gasteiger partial charge in [-0.25, -0.2) is 8.42 Å². The summed E-state index contributed by atoms with van der Waals surface area (Å²) in [5.74, 6) is -0.817. The molecular weight excluding hydrogens is 448 g/mol. The Morgan fingerprint density at radius 3 is 2.53 bits per heavy atom. The molecule has 0 radical (unpaired) electrons. The van der Waals surface area contributed by atoms with Gasteiger partial charge in [0, 0.05) is 36.8 Å². The number of benzene rings is 2. The molecule has 2 saturated heterocycles. The van der Waals surface area contributed by atoms with E-state index in [1.165, 1.54) is 0 Å². The van der Waals surface area contributed by atoms with E-state index in [1.807, 2.05) is 32.0 Å². The van der Waals surface area contributed by atoms with Crippen molar-refractivity contribution in [3.63, 3.8) is 0 Å². The SMILES string of the molecule is Cc1ccc(N2CC(C(=O)N3CCC(c4ccccc4Cl)S(=O)(=O)CC3)CC2=O)cc1C. The van der Waals surface area contributed by atoms with Gasteiger partial charge in [-0.15, -0.1) is 0 Å². The van der Waals surface area contributed by atoms with Crippen LogP contribution in [0.5, 0.6) is 0 Å². The Morgan fingerprint density at radius 2 is 1.81 bits per heavy atom. The number of carbonyl (C=O) groups is 2. The predicted molar refractivity (Wildman–Crippen MR) is 126 cm³/mol. The third kappa shape index (κ3) is 4.41. The molecule has 0 bridgehead atoms. The number of hydrogen-bond acceptors (Lipinski definition) is 4. The Kier molecular flexibility index (Phi) is 6.32. The number of aryl methyl sites for hydroxylation is 2. The van der Waals surface area contributed by atoms with Crippen molar-refractivity contribution in [2.24, 2.45) is 5.92 Å². The molecule has 0 spiro atoms. The fourth-order valence-electron chi connectivity index (χ4n) is 4.52. The Bertz CT molecular complexity index is 1160. The van der Waals surface area contributed by atoms with Crippen molar-refractivity contribution in [1.29, 1.82) is 0 Å². The zero-order valence-electron chi connectivity index (χ0n) is 18.3. The van der Waals surface area contributed by atoms with Gasteiger partial charge in [0.05, 0.1) is 16.9 Å². The van der Waals surface area contributed by atoms with Gasteiger partial charge < -0.3 is 9.80 Å². The van der Waals surface area contributed by atoms with Crippen LogP contribution in [0.1, 0.15) is 34.8 Å². The summed E-state index contributed by atoms with van der Waals surface area (Å²) in [7, 11) is -3.45. The maximum atomic E-state index is 13.2. The van der Waals surface area contributed by atoms with Crippen molar-refractivity contribution in [2.45, 2.75) is 31.9 Å². The number of amides is 2. The third-order valence-corrected chi connectivity index (χ3v) is 9.03. The van der Waals surface area contributed by atoms with Gasteiger partial charge in [-0.1, -0.05) is 35.9 Å². The standard InChI is InChI=1S/C24H27ClN2O4S/c1-16-7-8-19(13-17(16)2)27-15-18(14-23(27)28)24(29)26-10-9-22(32(30,31)12-11-26)20-5-3-4-6-21(20)25/h3-8,13,18,22H,9-12,14-15H2,1-2H3. The van der Waals surface area contributed by atoms with Crippen LogP contribution in [0.25, 0.3) is 0 Å². The van der Waals surface area contributed by atoms with Gasteiger partial charge in [0.25, 0.3) is 0 Å². The molecule has 2 aromatic rings. The molecule has 8 heteroatoms. The first-order valence-corrected chi connectivity index (χ1v) is 12.9. The topological polar surface area (TPSA) is 74.8 Å². The predicted octanol–water partition coefficient (Wildman–Crippen LogP) is 3.70. The number of hydrogen-bond donors (Lipinski definition) is 0. The van der Waals surface area contributed by atoms with Gasteiger partial charge in [0.2, 0.25) is 11.8 Å². The van der Waals surface area contributed by atoms with Crippen LogP contribution in [0.4, 0.5) is 5.69 Å². The van der Waals surface area contributed by atoms with E-state index in [9.17, 15) is 18.0 Å². The largest absolute Gasteiger partial charge is 0.341 e. The lowest BCUT2D eigenvalue weighted by atomic mass is 10.1. The summed E-state index contributed by atoms with van der Waals surface area (Å²) < 4.78 is 25.9. The molecule has 2 unspecified atom stereocenters. The molecule has 4 rings (SSSR count). The normalized spacial score (nSPS) is 23.3. The van der Waals surface area contributed by atoms with Crippen LogP contribution in [-0.2, 0) is 19.4 Å². The fraction of sp³-hybridized carbons (Fsp3) is 0.417. The summed E-state index contributed by atoms with van der Waals surface area (Å²) in [5.41, 5.74) is 3.62. The summed E-state index contributed by atoms with van der Waals surface area (Å²) >= 11 is 6.26. The molecule has 2 aromatic carbocycles. The molecule has 2 aliphatic rings. The van der Waals surface area contributed by atoms with Crippen molar-refractivity contribution in [3.8, 4) is 0 Å². The molecule has 2 atom stereocenters. The number of sulfone groups is 1. The number of rotatable bonds is 3. The van der Waals surface area contributed by atoms with Gasteiger partial charge in [0.15, 0.2) is 9.84 Å². The second-order valence-electron chi connectivity index (χ2n) is 8.67. The molecule has 2 fully saturated rings. The van der Waals surface area contributed by atoms with Gasteiger partial charge in [-0.2, -0.15) is 0 Å². The van der Waals surface area contributed by atoms with Crippen molar-refractivity contribution in [3.05, 3.63) is 64.2 Å². The molecule has 0 aromatic heterocycles. The molecule has 6 nitrogen and oxygen atoms in total. The van der Waals surface area contributed by atoms with E-state index in [0.717, 1.165) is 16.8 Å². The first kappa shape index (κ1) is 22.8. The quantitative estimate of drug-likeness (QED) is 0.679. The zero-order valence-corrected chi connectivity index (χ0v) is 19.8. The molecule has 170 valence electrons. The van der Waals surface area contributed by atoms with Gasteiger partial charge in [-0.05, 0) is 55.2 Å². The average Bonchev–Trinajstić information content (AvgIpc) is 3.06. The fourth-order valence-corrected chi connectivity index (χ4v) is 6.67. The van der Waals surface area contributed by atoms with E-state index in [4.69, 9.17) is 11.6 Å². The Morgan fingerprint density at radius 1 is 1.06 bits per heavy atom. The first-order chi connectivity index (χ1) is 15.2. The Balaban J connectivity index is 1.49. The molecule has 2 heterocycles. The van der Waals surface area contributed by atoms with Gasteiger partial charge in [-0.3, -0.25) is 9.59 Å². The van der Waals surface area contributed by atoms with Crippen LogP contribution in [0.3, 0.4) is 0 Å². The summed E-state index contributed by atoms with van der Waals surface area (Å²) in [6.07, 6.45) is 0.433. The van der Waals surface area contributed by atoms with E-state index in [0.29, 0.717) is 30.1 Å². The maximum absolute atomic E-state index is 13.2. The molecule has 2 aliphatic heterocycles. The van der Waals surface area contributed by atoms with Crippen molar-refractivity contribution in [1.82, 2.24) is 4.90 Å². The average molecular weight is 475 g/mol. The Hall–Kier alpha value is -2.38. The van der Waals surface area contributed by atoms with E-state index < -0.39 is 21.0 Å². The molecular formula is C24H27ClN2O4S. The number of anilines is 1. The maximum Gasteiger partial charge on any atom is 0.228 e. The lowest BCUT2D eigenvalue weighted by Crippen LogP contribution is -2.39. The highest BCUT2D eigenvalue weighted by Gasteiger charge is 2.40. The van der Waals surface area contributed by atoms with Gasteiger partial charge >= 0.3 is 0 Å². The molecule has 0 aliphatic carbocycles. The van der Waals surface area contributed by atoms with Crippen molar-refractivity contribution < 1.29 is 18.0 Å². The van der Waals surface area contributed by atoms with E-state index in [-0.39, 0.29) is 30.5 Å². The summed E-state index contributed by atoms with van der Waals surface area (Å²) in [4.78, 5) is 29.2. The number of carbonyl (C=O) groups excluding carboxylic acids is 2.